The smallest absolute Gasteiger partial charge is 0.397 e. The van der Waals surface area contributed by atoms with E-state index in [4.69, 9.17) is 17.3 Å². The van der Waals surface area contributed by atoms with Gasteiger partial charge in [-0.05, 0) is 42.3 Å². The molecule has 0 saturated carbocycles. The molecular formula is C26H29ClF3N7O. The highest BCUT2D eigenvalue weighted by molar-refractivity contribution is 6.32. The van der Waals surface area contributed by atoms with Gasteiger partial charge in [0, 0.05) is 55.0 Å². The lowest BCUT2D eigenvalue weighted by Gasteiger charge is -2.23. The number of nitrogens with two attached hydrogens (primary N) is 1. The monoisotopic (exact) mass is 547 g/mol. The van der Waals surface area contributed by atoms with Gasteiger partial charge in [0.15, 0.2) is 0 Å². The zero-order valence-corrected chi connectivity index (χ0v) is 22.1. The Bertz CT molecular complexity index is 1310. The Morgan fingerprint density at radius 1 is 1.16 bits per heavy atom. The van der Waals surface area contributed by atoms with Crippen LogP contribution in [0.3, 0.4) is 0 Å². The first-order valence-electron chi connectivity index (χ1n) is 11.6. The number of nitrogens with zero attached hydrogens (tertiary/aromatic N) is 3. The van der Waals surface area contributed by atoms with E-state index in [9.17, 15) is 18.0 Å². The maximum atomic E-state index is 13.7. The lowest BCUT2D eigenvalue weighted by Crippen LogP contribution is -2.31. The van der Waals surface area contributed by atoms with Gasteiger partial charge in [-0.3, -0.25) is 9.80 Å². The molecular weight excluding hydrogens is 519 g/mol. The maximum absolute atomic E-state index is 13.7. The number of carbonyl (C=O) groups excluding carboxylic acids is 1. The molecule has 0 unspecified atom stereocenters. The molecule has 0 aliphatic carbocycles. The number of rotatable bonds is 9. The highest BCUT2D eigenvalue weighted by atomic mass is 35.5. The average molecular weight is 548 g/mol. The second-order valence-electron chi connectivity index (χ2n) is 8.79. The number of benzene rings is 2. The first-order valence-corrected chi connectivity index (χ1v) is 12.0. The Morgan fingerprint density at radius 2 is 1.84 bits per heavy atom. The summed E-state index contributed by atoms with van der Waals surface area (Å²) in [6.07, 6.45) is 1.45. The van der Waals surface area contributed by atoms with Crippen molar-refractivity contribution in [3.63, 3.8) is 0 Å². The Morgan fingerprint density at radius 3 is 2.45 bits per heavy atom. The van der Waals surface area contributed by atoms with Crippen molar-refractivity contribution in [2.75, 3.05) is 17.4 Å². The number of anilines is 2. The number of halogens is 4. The lowest BCUT2D eigenvalue weighted by atomic mass is 10.1. The molecule has 1 amide bonds. The summed E-state index contributed by atoms with van der Waals surface area (Å²) in [5, 5.41) is 6.84. The van der Waals surface area contributed by atoms with Crippen LogP contribution in [0, 0.1) is 6.92 Å². The van der Waals surface area contributed by atoms with Crippen LogP contribution in [0.2, 0.25) is 5.02 Å². The van der Waals surface area contributed by atoms with Crippen molar-refractivity contribution in [1.29, 1.82) is 0 Å². The number of hydrazine groups is 1. The van der Waals surface area contributed by atoms with Gasteiger partial charge in [0.25, 0.3) is 5.91 Å². The third-order valence-corrected chi connectivity index (χ3v) is 5.99. The second-order valence-corrected chi connectivity index (χ2v) is 9.17. The molecule has 0 radical (unpaired) electrons. The van der Waals surface area contributed by atoms with Crippen molar-refractivity contribution in [3.8, 4) is 0 Å². The van der Waals surface area contributed by atoms with Crippen LogP contribution in [0.4, 0.5) is 24.5 Å². The highest BCUT2D eigenvalue weighted by Crippen LogP contribution is 2.38. The topological polar surface area (TPSA) is 108 Å². The fourth-order valence-corrected chi connectivity index (χ4v) is 3.82. The number of alkyl halides is 3. The van der Waals surface area contributed by atoms with Gasteiger partial charge in [0.2, 0.25) is 0 Å². The van der Waals surface area contributed by atoms with E-state index in [0.29, 0.717) is 16.9 Å². The number of hydrogen-bond donors (Lipinski definition) is 4. The molecule has 0 bridgehead atoms. The van der Waals surface area contributed by atoms with Crippen LogP contribution >= 0.6 is 11.6 Å². The van der Waals surface area contributed by atoms with E-state index >= 15 is 0 Å². The van der Waals surface area contributed by atoms with Crippen molar-refractivity contribution < 1.29 is 18.0 Å². The summed E-state index contributed by atoms with van der Waals surface area (Å²) >= 11 is 6.07. The molecule has 2 aromatic carbocycles. The summed E-state index contributed by atoms with van der Waals surface area (Å²) in [5.41, 5.74) is 11.0. The SMILES string of the molecule is CNN(/C=C(\N)c1cncnc1)c1cc(C(=O)Nc2cc(CNC(C)C)c(Cl)c(C(F)(F)F)c2)ccc1C. The Kier molecular flexibility index (Phi) is 9.31. The van der Waals surface area contributed by atoms with Gasteiger partial charge in [-0.25, -0.2) is 15.4 Å². The van der Waals surface area contributed by atoms with Gasteiger partial charge in [0.1, 0.15) is 6.33 Å². The van der Waals surface area contributed by atoms with E-state index in [2.05, 4.69) is 26.0 Å². The summed E-state index contributed by atoms with van der Waals surface area (Å²) in [5.74, 6) is -0.589. The Balaban J connectivity index is 1.93. The van der Waals surface area contributed by atoms with Gasteiger partial charge in [-0.2, -0.15) is 13.2 Å². The van der Waals surface area contributed by atoms with Crippen molar-refractivity contribution >= 4 is 34.6 Å². The van der Waals surface area contributed by atoms with E-state index in [-0.39, 0.29) is 29.4 Å². The largest absolute Gasteiger partial charge is 0.417 e. The minimum absolute atomic E-state index is 0.0203. The quantitative estimate of drug-likeness (QED) is 0.276. The number of hydrogen-bond acceptors (Lipinski definition) is 7. The zero-order valence-electron chi connectivity index (χ0n) is 21.3. The predicted molar refractivity (Wildman–Crippen MR) is 143 cm³/mol. The van der Waals surface area contributed by atoms with Crippen LogP contribution in [0.15, 0.2) is 55.3 Å². The molecule has 1 heterocycles. The van der Waals surface area contributed by atoms with Crippen LogP contribution in [0.25, 0.3) is 5.70 Å². The molecule has 5 N–H and O–H groups in total. The van der Waals surface area contributed by atoms with Crippen LogP contribution in [0.1, 0.15) is 46.5 Å². The number of nitrogens with one attached hydrogen (secondary N) is 3. The molecule has 0 spiro atoms. The number of aromatic nitrogens is 2. The molecule has 0 aliphatic heterocycles. The fraction of sp³-hybridized carbons (Fsp3) is 0.269. The van der Waals surface area contributed by atoms with E-state index < -0.39 is 22.7 Å². The molecule has 0 fully saturated rings. The van der Waals surface area contributed by atoms with E-state index in [0.717, 1.165) is 11.6 Å². The van der Waals surface area contributed by atoms with Gasteiger partial charge in [-0.1, -0.05) is 31.5 Å². The molecule has 0 saturated heterocycles. The second kappa shape index (κ2) is 12.2. The van der Waals surface area contributed by atoms with Gasteiger partial charge >= 0.3 is 6.18 Å². The first-order chi connectivity index (χ1) is 17.9. The molecule has 3 rings (SSSR count). The van der Waals surface area contributed by atoms with Gasteiger partial charge in [-0.15, -0.1) is 0 Å². The van der Waals surface area contributed by atoms with Crippen LogP contribution < -0.4 is 26.8 Å². The lowest BCUT2D eigenvalue weighted by molar-refractivity contribution is -0.137. The molecule has 3 aromatic rings. The Hall–Kier alpha value is -3.67. The zero-order chi connectivity index (χ0) is 28.0. The number of carbonyl (C=O) groups is 1. The summed E-state index contributed by atoms with van der Waals surface area (Å²) in [6, 6.07) is 7.21. The third kappa shape index (κ3) is 7.21. The van der Waals surface area contributed by atoms with E-state index in [1.165, 1.54) is 12.4 Å². The molecule has 12 heteroatoms. The van der Waals surface area contributed by atoms with Crippen molar-refractivity contribution in [1.82, 2.24) is 20.7 Å². The summed E-state index contributed by atoms with van der Waals surface area (Å²) in [7, 11) is 1.68. The molecule has 8 nitrogen and oxygen atoms in total. The number of aryl methyl sites for hydroxylation is 1. The van der Waals surface area contributed by atoms with E-state index in [1.54, 1.807) is 48.8 Å². The minimum atomic E-state index is -4.69. The predicted octanol–water partition coefficient (Wildman–Crippen LogP) is 5.11. The van der Waals surface area contributed by atoms with Crippen LogP contribution in [-0.2, 0) is 12.7 Å². The normalized spacial score (nSPS) is 12.1. The maximum Gasteiger partial charge on any atom is 0.417 e. The van der Waals surface area contributed by atoms with Gasteiger partial charge in [0.05, 0.1) is 22.0 Å². The molecule has 38 heavy (non-hydrogen) atoms. The standard InChI is InChI=1S/C26H29ClF3N7O/c1-15(2)35-12-18-7-20(9-21(24(18)27)26(28,29)30)36-25(38)17-6-5-16(3)23(8-17)37(32-4)13-22(31)19-10-33-14-34-11-19/h5-11,13-15,32,35H,12,31H2,1-4H3,(H,36,38)/b22-13-. The number of amides is 1. The van der Waals surface area contributed by atoms with Crippen molar-refractivity contribution in [3.05, 3.63) is 88.1 Å². The van der Waals surface area contributed by atoms with Crippen LogP contribution in [0.5, 0.6) is 0 Å². The summed E-state index contributed by atoms with van der Waals surface area (Å²) < 4.78 is 41.0. The fourth-order valence-electron chi connectivity index (χ4n) is 3.54. The summed E-state index contributed by atoms with van der Waals surface area (Å²) in [4.78, 5) is 21.0. The average Bonchev–Trinajstić information content (AvgIpc) is 2.87. The molecule has 0 atom stereocenters. The summed E-state index contributed by atoms with van der Waals surface area (Å²) in [6.45, 7) is 5.68. The first kappa shape index (κ1) is 28.9. The third-order valence-electron chi connectivity index (χ3n) is 5.55. The molecule has 0 aliphatic rings. The van der Waals surface area contributed by atoms with Crippen molar-refractivity contribution in [2.24, 2.45) is 5.73 Å². The Labute approximate surface area is 224 Å². The highest BCUT2D eigenvalue weighted by Gasteiger charge is 2.35. The van der Waals surface area contributed by atoms with E-state index in [1.807, 2.05) is 20.8 Å². The minimum Gasteiger partial charge on any atom is -0.397 e. The van der Waals surface area contributed by atoms with Crippen molar-refractivity contribution in [2.45, 2.75) is 39.5 Å². The van der Waals surface area contributed by atoms with Crippen LogP contribution in [-0.4, -0.2) is 29.0 Å². The molecule has 202 valence electrons. The van der Waals surface area contributed by atoms with Gasteiger partial charge < -0.3 is 16.4 Å². The molecule has 1 aromatic heterocycles.